The predicted molar refractivity (Wildman–Crippen MR) is 74.3 cm³/mol. The van der Waals surface area contributed by atoms with Crippen molar-refractivity contribution in [3.05, 3.63) is 26.3 Å². The van der Waals surface area contributed by atoms with Crippen molar-refractivity contribution in [1.82, 2.24) is 5.32 Å². The summed E-state index contributed by atoms with van der Waals surface area (Å²) in [5, 5.41) is 5.92. The van der Waals surface area contributed by atoms with E-state index in [9.17, 15) is 9.59 Å². The first-order valence-corrected chi connectivity index (χ1v) is 6.59. The number of amides is 2. The SMILES string of the molecule is CCC1NC(=O)c2cc(Cl)cc(I)c2NC1=O. The molecule has 1 aliphatic heterocycles. The molecule has 1 aromatic rings. The monoisotopic (exact) mass is 364 g/mol. The fourth-order valence-electron chi connectivity index (χ4n) is 1.68. The van der Waals surface area contributed by atoms with Crippen molar-refractivity contribution in [3.8, 4) is 0 Å². The Morgan fingerprint density at radius 2 is 2.12 bits per heavy atom. The summed E-state index contributed by atoms with van der Waals surface area (Å²) in [6.45, 7) is 1.85. The summed E-state index contributed by atoms with van der Waals surface area (Å²) in [7, 11) is 0. The molecule has 0 saturated heterocycles. The maximum Gasteiger partial charge on any atom is 0.254 e. The van der Waals surface area contributed by atoms with Crippen molar-refractivity contribution in [1.29, 1.82) is 0 Å². The Labute approximate surface area is 117 Å². The van der Waals surface area contributed by atoms with Gasteiger partial charge in [0.05, 0.1) is 11.3 Å². The highest BCUT2D eigenvalue weighted by molar-refractivity contribution is 14.1. The molecule has 2 amide bonds. The largest absolute Gasteiger partial charge is 0.340 e. The molecule has 0 radical (unpaired) electrons. The molecule has 90 valence electrons. The van der Waals surface area contributed by atoms with Crippen LogP contribution in [0.1, 0.15) is 23.7 Å². The highest BCUT2D eigenvalue weighted by Crippen LogP contribution is 2.29. The first-order chi connectivity index (χ1) is 8.02. The zero-order valence-electron chi connectivity index (χ0n) is 9.01. The molecule has 4 nitrogen and oxygen atoms in total. The number of halogens is 2. The van der Waals surface area contributed by atoms with Gasteiger partial charge in [-0.05, 0) is 41.1 Å². The van der Waals surface area contributed by atoms with E-state index in [0.717, 1.165) is 3.57 Å². The molecule has 2 N–H and O–H groups in total. The van der Waals surface area contributed by atoms with Crippen molar-refractivity contribution < 1.29 is 9.59 Å². The lowest BCUT2D eigenvalue weighted by Gasteiger charge is -2.11. The van der Waals surface area contributed by atoms with Crippen LogP contribution in [-0.2, 0) is 4.79 Å². The van der Waals surface area contributed by atoms with E-state index in [1.807, 2.05) is 29.5 Å². The Balaban J connectivity index is 2.53. The standard InChI is InChI=1S/C11H10ClIN2O2/c1-2-8-11(17)15-9-6(10(16)14-8)3-5(12)4-7(9)13/h3-4,8H,2H2,1H3,(H,14,16)(H,15,17). The number of nitrogens with one attached hydrogen (secondary N) is 2. The van der Waals surface area contributed by atoms with Gasteiger partial charge in [-0.15, -0.1) is 0 Å². The van der Waals surface area contributed by atoms with E-state index in [-0.39, 0.29) is 11.8 Å². The predicted octanol–water partition coefficient (Wildman–Crippen LogP) is 2.41. The Kier molecular flexibility index (Phi) is 3.58. The first kappa shape index (κ1) is 12.6. The topological polar surface area (TPSA) is 58.2 Å². The highest BCUT2D eigenvalue weighted by atomic mass is 127. The van der Waals surface area contributed by atoms with Crippen LogP contribution < -0.4 is 10.6 Å². The molecule has 1 aromatic carbocycles. The molecule has 0 bridgehead atoms. The number of fused-ring (bicyclic) bond motifs is 1. The normalized spacial score (nSPS) is 19.1. The minimum absolute atomic E-state index is 0.195. The second-order valence-electron chi connectivity index (χ2n) is 3.73. The second-order valence-corrected chi connectivity index (χ2v) is 5.33. The molecule has 0 saturated carbocycles. The van der Waals surface area contributed by atoms with E-state index < -0.39 is 6.04 Å². The summed E-state index contributed by atoms with van der Waals surface area (Å²) in [5.74, 6) is -0.467. The average molecular weight is 365 g/mol. The molecular formula is C11H10ClIN2O2. The van der Waals surface area contributed by atoms with Crippen molar-refractivity contribution in [3.63, 3.8) is 0 Å². The summed E-state index contributed by atoms with van der Waals surface area (Å²) in [6, 6.07) is 2.78. The Morgan fingerprint density at radius 1 is 1.41 bits per heavy atom. The zero-order valence-corrected chi connectivity index (χ0v) is 11.9. The Hall–Kier alpha value is -0.820. The lowest BCUT2D eigenvalue weighted by molar-refractivity contribution is -0.117. The van der Waals surface area contributed by atoms with Crippen LogP contribution in [-0.4, -0.2) is 17.9 Å². The van der Waals surface area contributed by atoms with Gasteiger partial charge in [0.15, 0.2) is 0 Å². The van der Waals surface area contributed by atoms with Gasteiger partial charge < -0.3 is 10.6 Å². The average Bonchev–Trinajstić information content (AvgIpc) is 2.38. The number of benzene rings is 1. The van der Waals surface area contributed by atoms with Gasteiger partial charge in [0.25, 0.3) is 5.91 Å². The molecule has 1 unspecified atom stereocenters. The van der Waals surface area contributed by atoms with Gasteiger partial charge in [0.1, 0.15) is 6.04 Å². The van der Waals surface area contributed by atoms with Crippen molar-refractivity contribution in [2.24, 2.45) is 0 Å². The number of hydrogen-bond donors (Lipinski definition) is 2. The minimum Gasteiger partial charge on any atom is -0.340 e. The second kappa shape index (κ2) is 4.81. The molecule has 0 spiro atoms. The van der Waals surface area contributed by atoms with Crippen LogP contribution in [0.25, 0.3) is 0 Å². The molecule has 0 aliphatic carbocycles. The summed E-state index contributed by atoms with van der Waals surface area (Å²) >= 11 is 7.96. The third kappa shape index (κ3) is 2.40. The van der Waals surface area contributed by atoms with Crippen LogP contribution in [0.3, 0.4) is 0 Å². The number of carbonyl (C=O) groups excluding carboxylic acids is 2. The first-order valence-electron chi connectivity index (χ1n) is 5.13. The summed E-state index contributed by atoms with van der Waals surface area (Å²) in [4.78, 5) is 23.8. The molecule has 0 aromatic heterocycles. The third-order valence-corrected chi connectivity index (χ3v) is 3.65. The van der Waals surface area contributed by atoms with Gasteiger partial charge in [-0.1, -0.05) is 18.5 Å². The van der Waals surface area contributed by atoms with E-state index in [4.69, 9.17) is 11.6 Å². The maximum atomic E-state index is 12.0. The van der Waals surface area contributed by atoms with Gasteiger partial charge in [-0.2, -0.15) is 0 Å². The van der Waals surface area contributed by atoms with Crippen molar-refractivity contribution >= 4 is 51.7 Å². The van der Waals surface area contributed by atoms with Crippen LogP contribution in [0.15, 0.2) is 12.1 Å². The van der Waals surface area contributed by atoms with Gasteiger partial charge in [0, 0.05) is 8.59 Å². The molecule has 17 heavy (non-hydrogen) atoms. The highest BCUT2D eigenvalue weighted by Gasteiger charge is 2.27. The zero-order chi connectivity index (χ0) is 12.6. The minimum atomic E-state index is -0.496. The Morgan fingerprint density at radius 3 is 2.76 bits per heavy atom. The van der Waals surface area contributed by atoms with Crippen molar-refractivity contribution in [2.45, 2.75) is 19.4 Å². The van der Waals surface area contributed by atoms with E-state index in [2.05, 4.69) is 10.6 Å². The quantitative estimate of drug-likeness (QED) is 0.752. The lowest BCUT2D eigenvalue weighted by atomic mass is 10.1. The number of rotatable bonds is 1. The molecular weight excluding hydrogens is 354 g/mol. The molecule has 6 heteroatoms. The molecule has 0 fully saturated rings. The van der Waals surface area contributed by atoms with E-state index in [1.165, 1.54) is 0 Å². The Bertz CT molecular complexity index is 504. The van der Waals surface area contributed by atoms with Gasteiger partial charge in [0.2, 0.25) is 5.91 Å². The number of hydrogen-bond acceptors (Lipinski definition) is 2. The number of anilines is 1. The summed E-state index contributed by atoms with van der Waals surface area (Å²) < 4.78 is 0.755. The maximum absolute atomic E-state index is 12.0. The molecule has 1 atom stereocenters. The molecule has 1 heterocycles. The third-order valence-electron chi connectivity index (χ3n) is 2.58. The van der Waals surface area contributed by atoms with E-state index >= 15 is 0 Å². The summed E-state index contributed by atoms with van der Waals surface area (Å²) in [6.07, 6.45) is 0.551. The van der Waals surface area contributed by atoms with Gasteiger partial charge >= 0.3 is 0 Å². The number of carbonyl (C=O) groups is 2. The van der Waals surface area contributed by atoms with Gasteiger partial charge in [-0.25, -0.2) is 0 Å². The van der Waals surface area contributed by atoms with Crippen LogP contribution in [0, 0.1) is 3.57 Å². The fourth-order valence-corrected chi connectivity index (χ4v) is 2.84. The van der Waals surface area contributed by atoms with Crippen LogP contribution in [0.2, 0.25) is 5.02 Å². The molecule has 1 aliphatic rings. The fraction of sp³-hybridized carbons (Fsp3) is 0.273. The van der Waals surface area contributed by atoms with Gasteiger partial charge in [-0.3, -0.25) is 9.59 Å². The van der Waals surface area contributed by atoms with E-state index in [0.29, 0.717) is 22.7 Å². The lowest BCUT2D eigenvalue weighted by Crippen LogP contribution is -2.40. The summed E-state index contributed by atoms with van der Waals surface area (Å²) in [5.41, 5.74) is 0.944. The molecule has 2 rings (SSSR count). The van der Waals surface area contributed by atoms with Crippen LogP contribution >= 0.6 is 34.2 Å². The van der Waals surface area contributed by atoms with E-state index in [1.54, 1.807) is 12.1 Å². The van der Waals surface area contributed by atoms with Crippen LogP contribution in [0.4, 0.5) is 5.69 Å². The van der Waals surface area contributed by atoms with Crippen molar-refractivity contribution in [2.75, 3.05) is 5.32 Å². The smallest absolute Gasteiger partial charge is 0.254 e. The van der Waals surface area contributed by atoms with Crippen LogP contribution in [0.5, 0.6) is 0 Å².